The third kappa shape index (κ3) is 5.45. The van der Waals surface area contributed by atoms with Crippen LogP contribution in [-0.2, 0) is 10.0 Å². The predicted molar refractivity (Wildman–Crippen MR) is 96.8 cm³/mol. The van der Waals surface area contributed by atoms with Crippen LogP contribution in [0.1, 0.15) is 0 Å². The zero-order chi connectivity index (χ0) is 18.3. The van der Waals surface area contributed by atoms with Crippen molar-refractivity contribution in [3.63, 3.8) is 0 Å². The number of nitro groups is 1. The molecule has 0 aromatic heterocycles. The van der Waals surface area contributed by atoms with Crippen LogP contribution in [0.15, 0.2) is 23.1 Å². The van der Waals surface area contributed by atoms with Crippen molar-refractivity contribution in [2.24, 2.45) is 0 Å². The summed E-state index contributed by atoms with van der Waals surface area (Å²) < 4.78 is 27.6. The number of alkyl halides is 1. The fraction of sp³-hybridized carbons (Fsp3) is 0.429. The number of hydrogen-bond acceptors (Lipinski definition) is 6. The Labute approximate surface area is 150 Å². The van der Waals surface area contributed by atoms with Gasteiger partial charge in [-0.2, -0.15) is 0 Å². The highest BCUT2D eigenvalue weighted by Gasteiger charge is 2.24. The number of halogens is 1. The number of rotatable bonds is 9. The number of anilines is 1. The molecule has 0 unspecified atom stereocenters. The second kappa shape index (κ2) is 8.98. The molecule has 1 rings (SSSR count). The van der Waals surface area contributed by atoms with Crippen molar-refractivity contribution in [3.05, 3.63) is 28.3 Å². The average molecular weight is 419 g/mol. The smallest absolute Gasteiger partial charge is 0.270 e. The molecule has 0 aliphatic heterocycles. The first-order valence-electron chi connectivity index (χ1n) is 6.95. The summed E-state index contributed by atoms with van der Waals surface area (Å²) >= 11 is 3.24. The number of likely N-dealkylation sites (N-methyl/N-ethyl adjacent to an activating group) is 1. The minimum atomic E-state index is -3.95. The molecule has 1 aromatic carbocycles. The normalized spacial score (nSPS) is 11.3. The van der Waals surface area contributed by atoms with Gasteiger partial charge in [-0.3, -0.25) is 15.0 Å². The van der Waals surface area contributed by atoms with E-state index in [1.165, 1.54) is 17.0 Å². The molecule has 10 heteroatoms. The highest BCUT2D eigenvalue weighted by Crippen LogP contribution is 2.29. The van der Waals surface area contributed by atoms with Crippen molar-refractivity contribution in [1.29, 1.82) is 0 Å². The van der Waals surface area contributed by atoms with Crippen molar-refractivity contribution < 1.29 is 13.3 Å². The minimum absolute atomic E-state index is 0.173. The second-order valence-electron chi connectivity index (χ2n) is 5.08. The van der Waals surface area contributed by atoms with Crippen molar-refractivity contribution in [2.75, 3.05) is 44.0 Å². The third-order valence-corrected chi connectivity index (χ3v) is 4.89. The molecule has 1 aromatic rings. The van der Waals surface area contributed by atoms with Gasteiger partial charge >= 0.3 is 0 Å². The number of nitro benzene ring substituents is 1. The first kappa shape index (κ1) is 20.4. The Kier molecular flexibility index (Phi) is 7.62. The fourth-order valence-corrected chi connectivity index (χ4v) is 3.47. The van der Waals surface area contributed by atoms with Crippen molar-refractivity contribution in [3.8, 4) is 12.5 Å². The van der Waals surface area contributed by atoms with E-state index in [4.69, 9.17) is 6.42 Å². The lowest BCUT2D eigenvalue weighted by Gasteiger charge is -2.20. The van der Waals surface area contributed by atoms with Gasteiger partial charge in [-0.15, -0.1) is 0 Å². The van der Waals surface area contributed by atoms with E-state index >= 15 is 0 Å². The van der Waals surface area contributed by atoms with E-state index in [1.807, 2.05) is 19.0 Å². The third-order valence-electron chi connectivity index (χ3n) is 3.05. The van der Waals surface area contributed by atoms with E-state index in [-0.39, 0.29) is 22.8 Å². The Morgan fingerprint density at radius 2 is 2.04 bits per heavy atom. The summed E-state index contributed by atoms with van der Waals surface area (Å²) in [5.41, 5.74) is -0.0950. The maximum atomic E-state index is 12.6. The Morgan fingerprint density at radius 1 is 1.38 bits per heavy atom. The van der Waals surface area contributed by atoms with Crippen LogP contribution < -0.4 is 9.62 Å². The summed E-state index contributed by atoms with van der Waals surface area (Å²) in [5, 5.41) is 11.5. The topological polar surface area (TPSA) is 95.8 Å². The quantitative estimate of drug-likeness (QED) is 0.213. The lowest BCUT2D eigenvalue weighted by molar-refractivity contribution is -0.385. The molecule has 0 spiro atoms. The molecule has 0 saturated carbocycles. The molecule has 132 valence electrons. The van der Waals surface area contributed by atoms with Gasteiger partial charge in [0.1, 0.15) is 4.90 Å². The van der Waals surface area contributed by atoms with Crippen molar-refractivity contribution in [2.45, 2.75) is 4.90 Å². The highest BCUT2D eigenvalue weighted by atomic mass is 79.9. The average Bonchev–Trinajstić information content (AvgIpc) is 2.51. The Hall–Kier alpha value is -1.67. The molecule has 0 aliphatic rings. The summed E-state index contributed by atoms with van der Waals surface area (Å²) in [5.74, 6) is 0. The van der Waals surface area contributed by atoms with Crippen LogP contribution in [0.4, 0.5) is 11.4 Å². The van der Waals surface area contributed by atoms with Crippen LogP contribution in [-0.4, -0.2) is 57.3 Å². The van der Waals surface area contributed by atoms with Crippen molar-refractivity contribution in [1.82, 2.24) is 9.62 Å². The molecule has 0 radical (unpaired) electrons. The van der Waals surface area contributed by atoms with E-state index in [1.54, 1.807) is 0 Å². The molecular formula is C14H19BrN4O4S. The fourth-order valence-electron chi connectivity index (χ4n) is 1.88. The number of hydrogen-bond donors (Lipinski definition) is 1. The van der Waals surface area contributed by atoms with E-state index in [2.05, 4.69) is 26.7 Å². The van der Waals surface area contributed by atoms with E-state index in [0.717, 1.165) is 6.07 Å². The van der Waals surface area contributed by atoms with Gasteiger partial charge in [-0.1, -0.05) is 22.4 Å². The van der Waals surface area contributed by atoms with Gasteiger partial charge in [0.2, 0.25) is 10.0 Å². The molecule has 24 heavy (non-hydrogen) atoms. The zero-order valence-corrected chi connectivity index (χ0v) is 15.8. The van der Waals surface area contributed by atoms with E-state index < -0.39 is 14.9 Å². The van der Waals surface area contributed by atoms with Gasteiger partial charge in [0.25, 0.3) is 5.69 Å². The molecule has 0 atom stereocenters. The van der Waals surface area contributed by atoms with Gasteiger partial charge in [0.15, 0.2) is 0 Å². The number of benzene rings is 1. The maximum absolute atomic E-state index is 12.6. The van der Waals surface area contributed by atoms with Crippen LogP contribution in [0.3, 0.4) is 0 Å². The monoisotopic (exact) mass is 418 g/mol. The largest absolute Gasteiger partial charge is 0.308 e. The SMILES string of the molecule is C#CN(CCBr)c1ccc([N+](=O)[O-])cc1S(=O)(=O)NCCN(C)C. The Balaban J connectivity index is 3.32. The van der Waals surface area contributed by atoms with E-state index in [9.17, 15) is 18.5 Å². The van der Waals surface area contributed by atoms with Crippen LogP contribution in [0.5, 0.6) is 0 Å². The summed E-state index contributed by atoms with van der Waals surface area (Å²) in [7, 11) is -0.332. The molecule has 0 bridgehead atoms. The van der Waals surface area contributed by atoms with Crippen LogP contribution in [0, 0.1) is 22.6 Å². The van der Waals surface area contributed by atoms with Gasteiger partial charge in [0.05, 0.1) is 10.6 Å². The summed E-state index contributed by atoms with van der Waals surface area (Å²) in [4.78, 5) is 13.3. The summed E-state index contributed by atoms with van der Waals surface area (Å²) in [6.45, 7) is 1.02. The molecule has 1 N–H and O–H groups in total. The van der Waals surface area contributed by atoms with Crippen LogP contribution >= 0.6 is 15.9 Å². The minimum Gasteiger partial charge on any atom is -0.308 e. The number of terminal acetylenes is 1. The molecular weight excluding hydrogens is 400 g/mol. The standard InChI is InChI=1S/C14H19BrN4O4S/c1-4-18(9-7-15)13-6-5-12(19(20)21)11-14(13)24(22,23)16-8-10-17(2)3/h1,5-6,11,16H,7-10H2,2-3H3. The zero-order valence-electron chi connectivity index (χ0n) is 13.4. The summed E-state index contributed by atoms with van der Waals surface area (Å²) in [6, 6.07) is 5.98. The predicted octanol–water partition coefficient (Wildman–Crippen LogP) is 1.23. The molecule has 0 heterocycles. The van der Waals surface area contributed by atoms with Gasteiger partial charge in [0, 0.05) is 43.1 Å². The van der Waals surface area contributed by atoms with Gasteiger partial charge < -0.3 is 4.90 Å². The van der Waals surface area contributed by atoms with Gasteiger partial charge in [-0.05, 0) is 20.2 Å². The molecule has 0 aliphatic carbocycles. The van der Waals surface area contributed by atoms with Crippen LogP contribution in [0.25, 0.3) is 0 Å². The molecule has 0 saturated heterocycles. The molecule has 0 amide bonds. The first-order valence-corrected chi connectivity index (χ1v) is 9.56. The van der Waals surface area contributed by atoms with E-state index in [0.29, 0.717) is 18.4 Å². The molecule has 8 nitrogen and oxygen atoms in total. The van der Waals surface area contributed by atoms with Crippen LogP contribution in [0.2, 0.25) is 0 Å². The lowest BCUT2D eigenvalue weighted by atomic mass is 10.2. The second-order valence-corrected chi connectivity index (χ2v) is 7.61. The van der Waals surface area contributed by atoms with Crippen molar-refractivity contribution >= 4 is 37.3 Å². The maximum Gasteiger partial charge on any atom is 0.270 e. The number of sulfonamides is 1. The highest BCUT2D eigenvalue weighted by molar-refractivity contribution is 9.09. The number of nitrogens with zero attached hydrogens (tertiary/aromatic N) is 3. The lowest BCUT2D eigenvalue weighted by Crippen LogP contribution is -2.32. The van der Waals surface area contributed by atoms with Gasteiger partial charge in [-0.25, -0.2) is 13.1 Å². The number of nitrogens with one attached hydrogen (secondary N) is 1. The Bertz CT molecular complexity index is 731. The summed E-state index contributed by atoms with van der Waals surface area (Å²) in [6.07, 6.45) is 5.44. The number of non-ortho nitro benzene ring substituents is 1. The Morgan fingerprint density at radius 3 is 2.54 bits per heavy atom. The molecule has 0 fully saturated rings. The first-order chi connectivity index (χ1) is 11.2.